The highest BCUT2D eigenvalue weighted by Gasteiger charge is 2.32. The van der Waals surface area contributed by atoms with Gasteiger partial charge in [0.25, 0.3) is 0 Å². The van der Waals surface area contributed by atoms with Crippen LogP contribution in [-0.2, 0) is 16.3 Å². The molecule has 0 amide bonds. The third-order valence-electron chi connectivity index (χ3n) is 5.50. The zero-order valence-electron chi connectivity index (χ0n) is 17.1. The molecule has 1 aliphatic heterocycles. The Morgan fingerprint density at radius 1 is 1.07 bits per heavy atom. The predicted octanol–water partition coefficient (Wildman–Crippen LogP) is 4.93. The van der Waals surface area contributed by atoms with Crippen LogP contribution in [0.5, 0.6) is 0 Å². The van der Waals surface area contributed by atoms with Gasteiger partial charge in [-0.15, -0.1) is 11.3 Å². The summed E-state index contributed by atoms with van der Waals surface area (Å²) in [5, 5.41) is 2.61. The van der Waals surface area contributed by atoms with E-state index < -0.39 is 20.9 Å². The van der Waals surface area contributed by atoms with E-state index in [2.05, 4.69) is 42.3 Å². The molecule has 1 aliphatic rings. The van der Waals surface area contributed by atoms with E-state index in [0.29, 0.717) is 25.9 Å². The number of thiazole rings is 1. The number of aromatic nitrogens is 1. The molecule has 0 bridgehead atoms. The SMILES string of the molecule is Cc1cc(C)cc(Cc2csc(N3CCC(S(=O)(=O)c4ccc(F)cc4)CC3)n2)c1. The van der Waals surface area contributed by atoms with Gasteiger partial charge in [0.1, 0.15) is 5.82 Å². The molecule has 0 aliphatic carbocycles. The molecule has 158 valence electrons. The minimum atomic E-state index is -3.44. The number of rotatable bonds is 5. The van der Waals surface area contributed by atoms with Crippen LogP contribution < -0.4 is 4.90 Å². The Morgan fingerprint density at radius 3 is 2.33 bits per heavy atom. The van der Waals surface area contributed by atoms with Crippen LogP contribution in [0, 0.1) is 19.7 Å². The zero-order valence-corrected chi connectivity index (χ0v) is 18.8. The van der Waals surface area contributed by atoms with E-state index in [-0.39, 0.29) is 4.90 Å². The van der Waals surface area contributed by atoms with Gasteiger partial charge in [0.05, 0.1) is 15.8 Å². The molecule has 4 rings (SSSR count). The first-order valence-electron chi connectivity index (χ1n) is 10.1. The fraction of sp³-hybridized carbons (Fsp3) is 0.348. The topological polar surface area (TPSA) is 50.3 Å². The van der Waals surface area contributed by atoms with Gasteiger partial charge in [0.2, 0.25) is 0 Å². The Balaban J connectivity index is 1.40. The van der Waals surface area contributed by atoms with Crippen LogP contribution >= 0.6 is 11.3 Å². The Bertz CT molecular complexity index is 1110. The Labute approximate surface area is 181 Å². The van der Waals surface area contributed by atoms with Gasteiger partial charge in [-0.1, -0.05) is 29.3 Å². The van der Waals surface area contributed by atoms with Crippen LogP contribution in [0.25, 0.3) is 0 Å². The Kier molecular flexibility index (Phi) is 5.93. The van der Waals surface area contributed by atoms with Gasteiger partial charge in [-0.2, -0.15) is 0 Å². The number of hydrogen-bond donors (Lipinski definition) is 0. The maximum atomic E-state index is 13.1. The van der Waals surface area contributed by atoms with Crippen molar-refractivity contribution in [1.29, 1.82) is 0 Å². The molecule has 7 heteroatoms. The van der Waals surface area contributed by atoms with E-state index in [0.717, 1.165) is 17.2 Å². The number of nitrogens with zero attached hydrogens (tertiary/aromatic N) is 2. The minimum absolute atomic E-state index is 0.201. The van der Waals surface area contributed by atoms with Crippen LogP contribution in [0.15, 0.2) is 52.7 Å². The largest absolute Gasteiger partial charge is 0.348 e. The molecular formula is C23H25FN2O2S2. The van der Waals surface area contributed by atoms with Crippen molar-refractivity contribution in [3.8, 4) is 0 Å². The Hall–Kier alpha value is -2.25. The van der Waals surface area contributed by atoms with Crippen LogP contribution in [0.4, 0.5) is 9.52 Å². The summed E-state index contributed by atoms with van der Waals surface area (Å²) in [6.45, 7) is 5.52. The first kappa shape index (κ1) is 21.0. The van der Waals surface area contributed by atoms with Gasteiger partial charge >= 0.3 is 0 Å². The molecule has 0 unspecified atom stereocenters. The molecule has 0 spiro atoms. The molecular weight excluding hydrogens is 419 g/mol. The predicted molar refractivity (Wildman–Crippen MR) is 120 cm³/mol. The van der Waals surface area contributed by atoms with Crippen molar-refractivity contribution in [2.75, 3.05) is 18.0 Å². The van der Waals surface area contributed by atoms with Crippen molar-refractivity contribution < 1.29 is 12.8 Å². The molecule has 0 N–H and O–H groups in total. The van der Waals surface area contributed by atoms with E-state index in [1.54, 1.807) is 11.3 Å². The van der Waals surface area contributed by atoms with Crippen molar-refractivity contribution in [2.45, 2.75) is 43.3 Å². The summed E-state index contributed by atoms with van der Waals surface area (Å²) in [7, 11) is -3.44. The van der Waals surface area contributed by atoms with Crippen molar-refractivity contribution in [1.82, 2.24) is 4.98 Å². The first-order chi connectivity index (χ1) is 14.3. The summed E-state index contributed by atoms with van der Waals surface area (Å²) >= 11 is 1.61. The third kappa shape index (κ3) is 4.57. The fourth-order valence-electron chi connectivity index (χ4n) is 4.08. The first-order valence-corrected chi connectivity index (χ1v) is 12.5. The van der Waals surface area contributed by atoms with Crippen LogP contribution in [-0.4, -0.2) is 31.7 Å². The molecule has 0 saturated carbocycles. The van der Waals surface area contributed by atoms with Crippen molar-refractivity contribution >= 4 is 26.3 Å². The minimum Gasteiger partial charge on any atom is -0.348 e. The normalized spacial score (nSPS) is 15.5. The van der Waals surface area contributed by atoms with Crippen LogP contribution in [0.2, 0.25) is 0 Å². The van der Waals surface area contributed by atoms with Gasteiger partial charge in [-0.05, 0) is 56.5 Å². The summed E-state index contributed by atoms with van der Waals surface area (Å²) in [4.78, 5) is 7.17. The van der Waals surface area contributed by atoms with Crippen molar-refractivity contribution in [3.63, 3.8) is 0 Å². The molecule has 0 atom stereocenters. The Morgan fingerprint density at radius 2 is 1.70 bits per heavy atom. The zero-order chi connectivity index (χ0) is 21.3. The van der Waals surface area contributed by atoms with E-state index in [1.165, 1.54) is 41.0 Å². The molecule has 1 aromatic heterocycles. The van der Waals surface area contributed by atoms with Crippen molar-refractivity contribution in [3.05, 3.63) is 76.0 Å². The average molecular weight is 445 g/mol. The van der Waals surface area contributed by atoms with E-state index >= 15 is 0 Å². The summed E-state index contributed by atoms with van der Waals surface area (Å²) < 4.78 is 38.8. The van der Waals surface area contributed by atoms with Crippen LogP contribution in [0.1, 0.15) is 35.2 Å². The van der Waals surface area contributed by atoms with Gasteiger partial charge in [-0.25, -0.2) is 17.8 Å². The number of piperidine rings is 1. The molecule has 30 heavy (non-hydrogen) atoms. The number of aryl methyl sites for hydroxylation is 2. The number of hydrogen-bond acceptors (Lipinski definition) is 5. The molecule has 1 fully saturated rings. The van der Waals surface area contributed by atoms with Gasteiger partial charge in [0, 0.05) is 24.9 Å². The molecule has 4 nitrogen and oxygen atoms in total. The van der Waals surface area contributed by atoms with E-state index in [1.807, 2.05) is 0 Å². The lowest BCUT2D eigenvalue weighted by molar-refractivity contribution is 0.529. The fourth-order valence-corrected chi connectivity index (χ4v) is 6.69. The van der Waals surface area contributed by atoms with Crippen molar-refractivity contribution in [2.24, 2.45) is 0 Å². The third-order valence-corrected chi connectivity index (χ3v) is 8.73. The number of sulfone groups is 1. The maximum absolute atomic E-state index is 13.1. The second-order valence-electron chi connectivity index (χ2n) is 7.98. The maximum Gasteiger partial charge on any atom is 0.185 e. The molecule has 2 heterocycles. The van der Waals surface area contributed by atoms with Crippen LogP contribution in [0.3, 0.4) is 0 Å². The second-order valence-corrected chi connectivity index (χ2v) is 11.0. The standard InChI is InChI=1S/C23H25FN2O2S2/c1-16-11-17(2)13-18(12-16)14-20-15-29-23(25-20)26-9-7-22(8-10-26)30(27,28)21-5-3-19(24)4-6-21/h3-6,11-13,15,22H,7-10,14H2,1-2H3. The van der Waals surface area contributed by atoms with E-state index in [4.69, 9.17) is 4.98 Å². The lowest BCUT2D eigenvalue weighted by Crippen LogP contribution is -2.39. The monoisotopic (exact) mass is 444 g/mol. The summed E-state index contributed by atoms with van der Waals surface area (Å²) in [6.07, 6.45) is 1.89. The summed E-state index contributed by atoms with van der Waals surface area (Å²) in [5.41, 5.74) is 4.81. The molecule has 0 radical (unpaired) electrons. The lowest BCUT2D eigenvalue weighted by Gasteiger charge is -2.31. The highest BCUT2D eigenvalue weighted by molar-refractivity contribution is 7.92. The average Bonchev–Trinajstić information content (AvgIpc) is 3.16. The lowest BCUT2D eigenvalue weighted by atomic mass is 10.0. The number of benzene rings is 2. The highest BCUT2D eigenvalue weighted by atomic mass is 32.2. The second kappa shape index (κ2) is 8.47. The molecule has 1 saturated heterocycles. The van der Waals surface area contributed by atoms with E-state index in [9.17, 15) is 12.8 Å². The number of anilines is 1. The van der Waals surface area contributed by atoms with Gasteiger partial charge < -0.3 is 4.90 Å². The summed E-state index contributed by atoms with van der Waals surface area (Å²) in [6, 6.07) is 11.7. The van der Waals surface area contributed by atoms with Gasteiger partial charge in [0.15, 0.2) is 15.0 Å². The molecule has 2 aromatic carbocycles. The van der Waals surface area contributed by atoms with Gasteiger partial charge in [-0.3, -0.25) is 0 Å². The quantitative estimate of drug-likeness (QED) is 0.524. The highest BCUT2D eigenvalue weighted by Crippen LogP contribution is 2.29. The summed E-state index contributed by atoms with van der Waals surface area (Å²) in [5.74, 6) is -0.427. The molecule has 3 aromatic rings. The smallest absolute Gasteiger partial charge is 0.185 e. The number of halogens is 1.